The lowest BCUT2D eigenvalue weighted by Gasteiger charge is -2.03. The molecule has 0 nitrogen and oxygen atoms in total. The third kappa shape index (κ3) is 2.94. The van der Waals surface area contributed by atoms with Crippen molar-refractivity contribution >= 4 is 20.1 Å². The lowest BCUT2D eigenvalue weighted by atomic mass is 10.2. The van der Waals surface area contributed by atoms with Crippen LogP contribution in [0.25, 0.3) is 6.08 Å². The zero-order chi connectivity index (χ0) is 11.2. The average Bonchev–Trinajstić information content (AvgIpc) is 2.38. The third-order valence-electron chi connectivity index (χ3n) is 2.70. The van der Waals surface area contributed by atoms with E-state index in [1.807, 2.05) is 0 Å². The van der Waals surface area contributed by atoms with Crippen molar-refractivity contribution in [3.8, 4) is 0 Å². The second-order valence-corrected chi connectivity index (χ2v) is 6.60. The van der Waals surface area contributed by atoms with Crippen LogP contribution in [0.2, 0.25) is 6.55 Å². The van der Waals surface area contributed by atoms with E-state index in [9.17, 15) is 0 Å². The third-order valence-corrected chi connectivity index (χ3v) is 4.91. The van der Waals surface area contributed by atoms with Gasteiger partial charge in [0.25, 0.3) is 0 Å². The number of rotatable bonds is 3. The Morgan fingerprint density at radius 1 is 0.812 bits per heavy atom. The lowest BCUT2D eigenvalue weighted by molar-refractivity contribution is 1.66. The number of hydrogen-bond donors (Lipinski definition) is 0. The molecule has 2 rings (SSSR count). The van der Waals surface area contributed by atoms with Gasteiger partial charge in [0.15, 0.2) is 0 Å². The second-order valence-electron chi connectivity index (χ2n) is 3.97. The monoisotopic (exact) mass is 224 g/mol. The molecule has 0 aliphatic carbocycles. The summed E-state index contributed by atoms with van der Waals surface area (Å²) in [6.07, 6.45) is 2.24. The van der Waals surface area contributed by atoms with Gasteiger partial charge < -0.3 is 0 Å². The minimum Gasteiger partial charge on any atom is -0.0925 e. The van der Waals surface area contributed by atoms with E-state index in [0.29, 0.717) is 0 Å². The predicted octanol–water partition coefficient (Wildman–Crippen LogP) is 3.00. The molecule has 0 saturated carbocycles. The van der Waals surface area contributed by atoms with E-state index in [1.54, 1.807) is 0 Å². The summed E-state index contributed by atoms with van der Waals surface area (Å²) >= 11 is 0. The zero-order valence-electron chi connectivity index (χ0n) is 9.51. The van der Waals surface area contributed by atoms with E-state index in [0.717, 1.165) is 0 Å². The van der Waals surface area contributed by atoms with Gasteiger partial charge in [-0.2, -0.15) is 0 Å². The molecule has 0 N–H and O–H groups in total. The molecule has 80 valence electrons. The molecule has 16 heavy (non-hydrogen) atoms. The molecule has 2 aromatic rings. The molecule has 0 amide bonds. The highest BCUT2D eigenvalue weighted by Crippen LogP contribution is 2.02. The summed E-state index contributed by atoms with van der Waals surface area (Å²) < 4.78 is 0. The van der Waals surface area contributed by atoms with Crippen LogP contribution in [0.4, 0.5) is 0 Å². The van der Waals surface area contributed by atoms with Crippen molar-refractivity contribution in [2.45, 2.75) is 6.55 Å². The predicted molar refractivity (Wildman–Crippen MR) is 74.6 cm³/mol. The molecule has 0 aliphatic heterocycles. The topological polar surface area (TPSA) is 0 Å². The molecule has 0 radical (unpaired) electrons. The first kappa shape index (κ1) is 10.9. The smallest absolute Gasteiger partial charge is 0.0910 e. The fourth-order valence-electron chi connectivity index (χ4n) is 1.69. The molecule has 0 saturated heterocycles. The SMILES string of the molecule is C[SiH](C=Cc1ccccc1)c1ccccc1. The summed E-state index contributed by atoms with van der Waals surface area (Å²) in [4.78, 5) is 0. The summed E-state index contributed by atoms with van der Waals surface area (Å²) in [6.45, 7) is 2.36. The molecule has 1 atom stereocenters. The number of benzene rings is 2. The molecular formula is C15H16Si. The molecule has 1 unspecified atom stereocenters. The maximum Gasteiger partial charge on any atom is 0.0910 e. The van der Waals surface area contributed by atoms with Crippen LogP contribution in [-0.4, -0.2) is 8.80 Å². The van der Waals surface area contributed by atoms with Crippen LogP contribution in [0.15, 0.2) is 66.4 Å². The standard InChI is InChI=1S/C15H16Si/c1-16(15-10-6-3-7-11-15)13-12-14-8-4-2-5-9-14/h2-13,16H,1H3. The van der Waals surface area contributed by atoms with Crippen LogP contribution in [0.5, 0.6) is 0 Å². The highest BCUT2D eigenvalue weighted by Gasteiger charge is 2.00. The Labute approximate surface area is 98.9 Å². The van der Waals surface area contributed by atoms with Crippen LogP contribution in [0.1, 0.15) is 5.56 Å². The maximum absolute atomic E-state index is 2.38. The molecule has 0 aliphatic rings. The maximum atomic E-state index is 2.38. The van der Waals surface area contributed by atoms with E-state index in [-0.39, 0.29) is 0 Å². The van der Waals surface area contributed by atoms with Gasteiger partial charge in [-0.25, -0.2) is 0 Å². The van der Waals surface area contributed by atoms with Crippen molar-refractivity contribution in [2.75, 3.05) is 0 Å². The Bertz CT molecular complexity index is 445. The van der Waals surface area contributed by atoms with Gasteiger partial charge in [-0.05, 0) is 5.56 Å². The van der Waals surface area contributed by atoms with Crippen molar-refractivity contribution in [1.29, 1.82) is 0 Å². The molecule has 2 aromatic carbocycles. The first-order valence-electron chi connectivity index (χ1n) is 5.64. The van der Waals surface area contributed by atoms with Crippen molar-refractivity contribution in [2.24, 2.45) is 0 Å². The van der Waals surface area contributed by atoms with Gasteiger partial charge >= 0.3 is 0 Å². The molecule has 0 fully saturated rings. The Hall–Kier alpha value is -1.60. The van der Waals surface area contributed by atoms with Crippen LogP contribution in [-0.2, 0) is 0 Å². The van der Waals surface area contributed by atoms with Crippen LogP contribution < -0.4 is 5.19 Å². The van der Waals surface area contributed by atoms with E-state index < -0.39 is 8.80 Å². The molecule has 1 heteroatoms. The Morgan fingerprint density at radius 3 is 2.00 bits per heavy atom. The first-order chi connectivity index (χ1) is 7.86. The highest BCUT2D eigenvalue weighted by molar-refractivity contribution is 6.77. The van der Waals surface area contributed by atoms with E-state index in [4.69, 9.17) is 0 Å². The lowest BCUT2D eigenvalue weighted by Crippen LogP contribution is -2.23. The van der Waals surface area contributed by atoms with Crippen molar-refractivity contribution in [3.63, 3.8) is 0 Å². The van der Waals surface area contributed by atoms with Crippen LogP contribution in [0, 0.1) is 0 Å². The quantitative estimate of drug-likeness (QED) is 0.703. The summed E-state index contributed by atoms with van der Waals surface area (Å²) in [5.41, 5.74) is 3.67. The van der Waals surface area contributed by atoms with E-state index >= 15 is 0 Å². The molecule has 0 heterocycles. The zero-order valence-corrected chi connectivity index (χ0v) is 10.7. The van der Waals surface area contributed by atoms with Crippen molar-refractivity contribution < 1.29 is 0 Å². The van der Waals surface area contributed by atoms with E-state index in [2.05, 4.69) is 79.0 Å². The fraction of sp³-hybridized carbons (Fsp3) is 0.0667. The Balaban J connectivity index is 2.08. The second kappa shape index (κ2) is 5.47. The van der Waals surface area contributed by atoms with Crippen molar-refractivity contribution in [3.05, 3.63) is 71.9 Å². The fourth-order valence-corrected chi connectivity index (χ4v) is 3.25. The Morgan fingerprint density at radius 2 is 1.38 bits per heavy atom. The normalized spacial score (nSPS) is 12.8. The van der Waals surface area contributed by atoms with Gasteiger partial charge in [-0.15, -0.1) is 0 Å². The van der Waals surface area contributed by atoms with Gasteiger partial charge in [-0.1, -0.05) is 84.2 Å². The van der Waals surface area contributed by atoms with Gasteiger partial charge in [0.05, 0.1) is 8.80 Å². The minimum absolute atomic E-state index is 0.911. The van der Waals surface area contributed by atoms with Gasteiger partial charge in [0.1, 0.15) is 0 Å². The summed E-state index contributed by atoms with van der Waals surface area (Å²) in [7, 11) is -0.911. The minimum atomic E-state index is -0.911. The van der Waals surface area contributed by atoms with Gasteiger partial charge in [0.2, 0.25) is 0 Å². The first-order valence-corrected chi connectivity index (χ1v) is 8.04. The Kier molecular flexibility index (Phi) is 3.73. The van der Waals surface area contributed by atoms with E-state index in [1.165, 1.54) is 10.8 Å². The van der Waals surface area contributed by atoms with Gasteiger partial charge in [0, 0.05) is 0 Å². The molecular weight excluding hydrogens is 208 g/mol. The van der Waals surface area contributed by atoms with Crippen LogP contribution in [0.3, 0.4) is 0 Å². The van der Waals surface area contributed by atoms with Crippen molar-refractivity contribution in [1.82, 2.24) is 0 Å². The average molecular weight is 224 g/mol. The summed E-state index contributed by atoms with van der Waals surface area (Å²) in [5.74, 6) is 0. The number of hydrogen-bond acceptors (Lipinski definition) is 0. The highest BCUT2D eigenvalue weighted by atomic mass is 28.3. The largest absolute Gasteiger partial charge is 0.0925 e. The molecule has 0 bridgehead atoms. The van der Waals surface area contributed by atoms with Crippen LogP contribution >= 0.6 is 0 Å². The summed E-state index contributed by atoms with van der Waals surface area (Å²) in [6, 6.07) is 21.3. The molecule has 0 spiro atoms. The molecule has 0 aromatic heterocycles. The van der Waals surface area contributed by atoms with Gasteiger partial charge in [-0.3, -0.25) is 0 Å². The summed E-state index contributed by atoms with van der Waals surface area (Å²) in [5, 5.41) is 1.50.